The SMILES string of the molecule is CC(C)(N)C(C)(C)C(=O)N(CC1CCCCC1)C1CC1. The Morgan fingerprint density at radius 3 is 2.05 bits per heavy atom. The van der Waals surface area contributed by atoms with Crippen LogP contribution in [-0.4, -0.2) is 28.9 Å². The number of nitrogens with two attached hydrogens (primary N) is 1. The van der Waals surface area contributed by atoms with E-state index in [9.17, 15) is 4.79 Å². The van der Waals surface area contributed by atoms with Crippen LogP contribution in [0.15, 0.2) is 0 Å². The molecule has 0 saturated heterocycles. The largest absolute Gasteiger partial charge is 0.339 e. The van der Waals surface area contributed by atoms with E-state index in [1.807, 2.05) is 27.7 Å². The van der Waals surface area contributed by atoms with Crippen LogP contribution in [0.4, 0.5) is 0 Å². The van der Waals surface area contributed by atoms with Gasteiger partial charge in [0.05, 0.1) is 5.41 Å². The van der Waals surface area contributed by atoms with Crippen LogP contribution in [-0.2, 0) is 4.79 Å². The van der Waals surface area contributed by atoms with Gasteiger partial charge in [-0.2, -0.15) is 0 Å². The van der Waals surface area contributed by atoms with Crippen LogP contribution in [0.1, 0.15) is 72.6 Å². The zero-order valence-electron chi connectivity index (χ0n) is 13.7. The summed E-state index contributed by atoms with van der Waals surface area (Å²) in [5, 5.41) is 0. The van der Waals surface area contributed by atoms with E-state index in [4.69, 9.17) is 5.73 Å². The van der Waals surface area contributed by atoms with Crippen LogP contribution in [0.25, 0.3) is 0 Å². The fourth-order valence-electron chi connectivity index (χ4n) is 3.07. The van der Waals surface area contributed by atoms with Crippen molar-refractivity contribution in [2.75, 3.05) is 6.54 Å². The Morgan fingerprint density at radius 2 is 1.60 bits per heavy atom. The van der Waals surface area contributed by atoms with Gasteiger partial charge in [-0.3, -0.25) is 4.79 Å². The van der Waals surface area contributed by atoms with Crippen LogP contribution >= 0.6 is 0 Å². The van der Waals surface area contributed by atoms with Gasteiger partial charge in [0.25, 0.3) is 0 Å². The molecular weight excluding hydrogens is 248 g/mol. The zero-order chi connectivity index (χ0) is 15.0. The maximum Gasteiger partial charge on any atom is 0.230 e. The van der Waals surface area contributed by atoms with Crippen molar-refractivity contribution in [3.8, 4) is 0 Å². The number of carbonyl (C=O) groups excluding carboxylic acids is 1. The van der Waals surface area contributed by atoms with Crippen molar-refractivity contribution < 1.29 is 4.79 Å². The molecule has 0 aliphatic heterocycles. The van der Waals surface area contributed by atoms with Crippen molar-refractivity contribution >= 4 is 5.91 Å². The molecule has 2 N–H and O–H groups in total. The molecule has 2 fully saturated rings. The highest BCUT2D eigenvalue weighted by atomic mass is 16.2. The Labute approximate surface area is 124 Å². The molecular formula is C17H32N2O. The van der Waals surface area contributed by atoms with Crippen molar-refractivity contribution in [1.29, 1.82) is 0 Å². The van der Waals surface area contributed by atoms with Crippen molar-refractivity contribution in [1.82, 2.24) is 4.90 Å². The lowest BCUT2D eigenvalue weighted by Gasteiger charge is -2.42. The van der Waals surface area contributed by atoms with Crippen molar-refractivity contribution in [2.45, 2.75) is 84.2 Å². The molecule has 20 heavy (non-hydrogen) atoms. The fraction of sp³-hybridized carbons (Fsp3) is 0.941. The lowest BCUT2D eigenvalue weighted by molar-refractivity contribution is -0.145. The first-order chi connectivity index (χ1) is 9.23. The number of hydrogen-bond donors (Lipinski definition) is 1. The van der Waals surface area contributed by atoms with Crippen LogP contribution < -0.4 is 5.73 Å². The normalized spacial score (nSPS) is 21.9. The number of rotatable bonds is 5. The van der Waals surface area contributed by atoms with Gasteiger partial charge >= 0.3 is 0 Å². The molecule has 0 aromatic rings. The quantitative estimate of drug-likeness (QED) is 0.839. The standard InChI is InChI=1S/C17H32N2O/c1-16(2,17(3,4)18)15(20)19(14-10-11-14)12-13-8-6-5-7-9-13/h13-14H,5-12,18H2,1-4H3. The highest BCUT2D eigenvalue weighted by Gasteiger charge is 2.46. The topological polar surface area (TPSA) is 46.3 Å². The van der Waals surface area contributed by atoms with Crippen LogP contribution in [0, 0.1) is 11.3 Å². The van der Waals surface area contributed by atoms with Gasteiger partial charge in [-0.15, -0.1) is 0 Å². The minimum Gasteiger partial charge on any atom is -0.339 e. The summed E-state index contributed by atoms with van der Waals surface area (Å²) in [7, 11) is 0. The average Bonchev–Trinajstić information content (AvgIpc) is 3.19. The average molecular weight is 280 g/mol. The Balaban J connectivity index is 2.06. The molecule has 3 heteroatoms. The molecule has 116 valence electrons. The molecule has 0 spiro atoms. The van der Waals surface area contributed by atoms with E-state index in [0.29, 0.717) is 12.0 Å². The molecule has 3 nitrogen and oxygen atoms in total. The molecule has 2 aliphatic rings. The third-order valence-electron chi connectivity index (χ3n) is 5.57. The van der Waals surface area contributed by atoms with E-state index in [0.717, 1.165) is 6.54 Å². The van der Waals surface area contributed by atoms with Crippen LogP contribution in [0.3, 0.4) is 0 Å². The first kappa shape index (κ1) is 15.8. The highest BCUT2D eigenvalue weighted by molar-refractivity contribution is 5.84. The van der Waals surface area contributed by atoms with E-state index >= 15 is 0 Å². The summed E-state index contributed by atoms with van der Waals surface area (Å²) in [5.41, 5.74) is 5.28. The Kier molecular flexibility index (Phi) is 4.48. The monoisotopic (exact) mass is 280 g/mol. The first-order valence-electron chi connectivity index (χ1n) is 8.33. The minimum absolute atomic E-state index is 0.262. The first-order valence-corrected chi connectivity index (χ1v) is 8.33. The second kappa shape index (κ2) is 5.67. The lowest BCUT2D eigenvalue weighted by Crippen LogP contribution is -2.57. The molecule has 2 rings (SSSR count). The predicted octanol–water partition coefficient (Wildman–Crippen LogP) is 3.32. The van der Waals surface area contributed by atoms with Crippen LogP contribution in [0.5, 0.6) is 0 Å². The highest BCUT2D eigenvalue weighted by Crippen LogP contribution is 2.37. The molecule has 2 saturated carbocycles. The number of amides is 1. The lowest BCUT2D eigenvalue weighted by atomic mass is 9.74. The van der Waals surface area contributed by atoms with E-state index < -0.39 is 11.0 Å². The summed E-state index contributed by atoms with van der Waals surface area (Å²) in [5.74, 6) is 0.975. The summed E-state index contributed by atoms with van der Waals surface area (Å²) >= 11 is 0. The molecule has 0 aromatic carbocycles. The molecule has 1 amide bonds. The van der Waals surface area contributed by atoms with Gasteiger partial charge in [0, 0.05) is 18.1 Å². The number of carbonyl (C=O) groups is 1. The Bertz CT molecular complexity index is 346. The van der Waals surface area contributed by atoms with E-state index in [2.05, 4.69) is 4.90 Å². The summed E-state index contributed by atoms with van der Waals surface area (Å²) in [6, 6.07) is 0.492. The van der Waals surface area contributed by atoms with E-state index in [1.165, 1.54) is 44.9 Å². The number of nitrogens with zero attached hydrogens (tertiary/aromatic N) is 1. The van der Waals surface area contributed by atoms with Gasteiger partial charge in [-0.05, 0) is 59.3 Å². The van der Waals surface area contributed by atoms with Gasteiger partial charge in [-0.25, -0.2) is 0 Å². The van der Waals surface area contributed by atoms with Gasteiger partial charge < -0.3 is 10.6 Å². The van der Waals surface area contributed by atoms with Gasteiger partial charge in [0.15, 0.2) is 0 Å². The molecule has 0 aromatic heterocycles. The summed E-state index contributed by atoms with van der Waals surface area (Å²) < 4.78 is 0. The van der Waals surface area contributed by atoms with Gasteiger partial charge in [0.1, 0.15) is 0 Å². The third kappa shape index (κ3) is 3.36. The molecule has 2 aliphatic carbocycles. The smallest absolute Gasteiger partial charge is 0.230 e. The minimum atomic E-state index is -0.496. The second-order valence-corrected chi connectivity index (χ2v) is 8.04. The zero-order valence-corrected chi connectivity index (χ0v) is 13.7. The summed E-state index contributed by atoms with van der Waals surface area (Å²) in [6.45, 7) is 8.91. The van der Waals surface area contributed by atoms with Gasteiger partial charge in [-0.1, -0.05) is 19.3 Å². The van der Waals surface area contributed by atoms with Crippen molar-refractivity contribution in [3.63, 3.8) is 0 Å². The maximum absolute atomic E-state index is 13.0. The Hall–Kier alpha value is -0.570. The number of hydrogen-bond acceptors (Lipinski definition) is 2. The summed E-state index contributed by atoms with van der Waals surface area (Å²) in [4.78, 5) is 15.2. The molecule has 0 bridgehead atoms. The van der Waals surface area contributed by atoms with Crippen LogP contribution in [0.2, 0.25) is 0 Å². The summed E-state index contributed by atoms with van der Waals surface area (Å²) in [6.07, 6.45) is 8.99. The third-order valence-corrected chi connectivity index (χ3v) is 5.57. The van der Waals surface area contributed by atoms with Crippen molar-refractivity contribution in [3.05, 3.63) is 0 Å². The molecule has 0 radical (unpaired) electrons. The maximum atomic E-state index is 13.0. The molecule has 0 heterocycles. The van der Waals surface area contributed by atoms with E-state index in [1.54, 1.807) is 0 Å². The Morgan fingerprint density at radius 1 is 1.05 bits per heavy atom. The fourth-order valence-corrected chi connectivity index (χ4v) is 3.07. The molecule has 0 atom stereocenters. The van der Waals surface area contributed by atoms with E-state index in [-0.39, 0.29) is 5.91 Å². The molecule has 0 unspecified atom stereocenters. The second-order valence-electron chi connectivity index (χ2n) is 8.04. The van der Waals surface area contributed by atoms with Crippen molar-refractivity contribution in [2.24, 2.45) is 17.1 Å². The van der Waals surface area contributed by atoms with Gasteiger partial charge in [0.2, 0.25) is 5.91 Å². The predicted molar refractivity (Wildman–Crippen MR) is 83.4 cm³/mol.